The van der Waals surface area contributed by atoms with Gasteiger partial charge in [0.25, 0.3) is 0 Å². The largest absolute Gasteiger partial charge is 0.463 e. The maximum Gasteiger partial charge on any atom is 0.310 e. The first-order chi connectivity index (χ1) is 10.6. The van der Waals surface area contributed by atoms with Crippen LogP contribution < -0.4 is 5.32 Å². The van der Waals surface area contributed by atoms with E-state index in [-0.39, 0.29) is 41.7 Å². The number of amides is 1. The Hall–Kier alpha value is -1.32. The Morgan fingerprint density at radius 2 is 1.68 bits per heavy atom. The minimum atomic E-state index is -0.291. The van der Waals surface area contributed by atoms with Crippen molar-refractivity contribution in [1.29, 1.82) is 0 Å². The molecule has 0 aromatic rings. The molecular formula is C18H27NO3. The van der Waals surface area contributed by atoms with Crippen LogP contribution in [0.2, 0.25) is 0 Å². The standard InChI is InChI=1S/C18H27NO3/c1-11(2)22-18(21)16-13-9-8-12(10-13)15(16)17(20)19-14-6-4-3-5-7-14/h8-9,11-16H,3-7,10H2,1-2H3,(H,19,20). The highest BCUT2D eigenvalue weighted by molar-refractivity contribution is 5.87. The van der Waals surface area contributed by atoms with Crippen LogP contribution in [0.25, 0.3) is 0 Å². The van der Waals surface area contributed by atoms with E-state index in [0.29, 0.717) is 6.04 Å². The molecule has 3 aliphatic carbocycles. The lowest BCUT2D eigenvalue weighted by Gasteiger charge is -2.29. The molecule has 0 heterocycles. The van der Waals surface area contributed by atoms with E-state index < -0.39 is 0 Å². The Morgan fingerprint density at radius 3 is 2.32 bits per heavy atom. The van der Waals surface area contributed by atoms with Crippen LogP contribution in [0.4, 0.5) is 0 Å². The predicted molar refractivity (Wildman–Crippen MR) is 84.0 cm³/mol. The van der Waals surface area contributed by atoms with Crippen LogP contribution in [-0.2, 0) is 14.3 Å². The Balaban J connectivity index is 1.68. The maximum atomic E-state index is 12.8. The first kappa shape index (κ1) is 15.6. The molecule has 4 nitrogen and oxygen atoms in total. The van der Waals surface area contributed by atoms with Crippen molar-refractivity contribution in [3.05, 3.63) is 12.2 Å². The smallest absolute Gasteiger partial charge is 0.310 e. The van der Waals surface area contributed by atoms with Gasteiger partial charge < -0.3 is 10.1 Å². The van der Waals surface area contributed by atoms with E-state index in [4.69, 9.17) is 4.74 Å². The number of rotatable bonds is 4. The summed E-state index contributed by atoms with van der Waals surface area (Å²) in [6.45, 7) is 3.72. The molecule has 0 spiro atoms. The van der Waals surface area contributed by atoms with E-state index in [1.807, 2.05) is 13.8 Å². The Labute approximate surface area is 132 Å². The van der Waals surface area contributed by atoms with Gasteiger partial charge in [-0.05, 0) is 44.9 Å². The molecule has 2 fully saturated rings. The summed E-state index contributed by atoms with van der Waals surface area (Å²) in [7, 11) is 0. The number of hydrogen-bond donors (Lipinski definition) is 1. The highest BCUT2D eigenvalue weighted by Gasteiger charge is 2.52. The van der Waals surface area contributed by atoms with Crippen LogP contribution in [0.5, 0.6) is 0 Å². The molecule has 4 unspecified atom stereocenters. The molecule has 2 bridgehead atoms. The lowest BCUT2D eigenvalue weighted by molar-refractivity contribution is -0.157. The number of carbonyl (C=O) groups is 2. The Bertz CT molecular complexity index is 465. The molecule has 22 heavy (non-hydrogen) atoms. The van der Waals surface area contributed by atoms with Gasteiger partial charge in [-0.2, -0.15) is 0 Å². The number of ether oxygens (including phenoxy) is 1. The van der Waals surface area contributed by atoms with Gasteiger partial charge >= 0.3 is 5.97 Å². The van der Waals surface area contributed by atoms with Gasteiger partial charge in [0.2, 0.25) is 5.91 Å². The Kier molecular flexibility index (Phi) is 4.55. The van der Waals surface area contributed by atoms with Gasteiger partial charge in [-0.3, -0.25) is 9.59 Å². The Morgan fingerprint density at radius 1 is 1.05 bits per heavy atom. The van der Waals surface area contributed by atoms with Crippen LogP contribution in [0.3, 0.4) is 0 Å². The van der Waals surface area contributed by atoms with Crippen molar-refractivity contribution in [2.24, 2.45) is 23.7 Å². The molecule has 2 saturated carbocycles. The topological polar surface area (TPSA) is 55.4 Å². The molecule has 4 atom stereocenters. The molecule has 0 radical (unpaired) electrons. The quantitative estimate of drug-likeness (QED) is 0.642. The van der Waals surface area contributed by atoms with Gasteiger partial charge in [0.05, 0.1) is 17.9 Å². The monoisotopic (exact) mass is 305 g/mol. The average molecular weight is 305 g/mol. The third-order valence-electron chi connectivity index (χ3n) is 5.34. The highest BCUT2D eigenvalue weighted by Crippen LogP contribution is 2.48. The van der Waals surface area contributed by atoms with Gasteiger partial charge in [0.15, 0.2) is 0 Å². The zero-order valence-electron chi connectivity index (χ0n) is 13.6. The van der Waals surface area contributed by atoms with Crippen molar-refractivity contribution < 1.29 is 14.3 Å². The zero-order valence-corrected chi connectivity index (χ0v) is 13.6. The lowest BCUT2D eigenvalue weighted by atomic mass is 9.82. The van der Waals surface area contributed by atoms with Crippen LogP contribution in [-0.4, -0.2) is 24.0 Å². The molecule has 4 heteroatoms. The second-order valence-corrected chi connectivity index (χ2v) is 7.33. The summed E-state index contributed by atoms with van der Waals surface area (Å²) >= 11 is 0. The fraction of sp³-hybridized carbons (Fsp3) is 0.778. The van der Waals surface area contributed by atoms with Crippen LogP contribution >= 0.6 is 0 Å². The minimum Gasteiger partial charge on any atom is -0.463 e. The first-order valence-corrected chi connectivity index (χ1v) is 8.75. The van der Waals surface area contributed by atoms with E-state index in [2.05, 4.69) is 17.5 Å². The van der Waals surface area contributed by atoms with E-state index in [1.165, 1.54) is 19.3 Å². The normalized spacial score (nSPS) is 34.1. The molecule has 0 aromatic heterocycles. The van der Waals surface area contributed by atoms with Crippen molar-refractivity contribution in [2.75, 3.05) is 0 Å². The molecule has 1 N–H and O–H groups in total. The lowest BCUT2D eigenvalue weighted by Crippen LogP contribution is -2.45. The van der Waals surface area contributed by atoms with Gasteiger partial charge in [0.1, 0.15) is 0 Å². The first-order valence-electron chi connectivity index (χ1n) is 8.75. The minimum absolute atomic E-state index is 0.0643. The number of nitrogens with one attached hydrogen (secondary N) is 1. The van der Waals surface area contributed by atoms with Gasteiger partial charge in [-0.25, -0.2) is 0 Å². The van der Waals surface area contributed by atoms with Gasteiger partial charge in [-0.1, -0.05) is 31.4 Å². The molecule has 3 rings (SSSR count). The molecular weight excluding hydrogens is 278 g/mol. The molecule has 122 valence electrons. The number of esters is 1. The fourth-order valence-electron chi connectivity index (χ4n) is 4.36. The zero-order chi connectivity index (χ0) is 15.7. The van der Waals surface area contributed by atoms with E-state index in [1.54, 1.807) is 0 Å². The van der Waals surface area contributed by atoms with Crippen molar-refractivity contribution in [2.45, 2.75) is 64.5 Å². The van der Waals surface area contributed by atoms with Gasteiger partial charge in [-0.15, -0.1) is 0 Å². The van der Waals surface area contributed by atoms with Crippen molar-refractivity contribution in [3.8, 4) is 0 Å². The summed E-state index contributed by atoms with van der Waals surface area (Å²) in [5, 5.41) is 3.20. The van der Waals surface area contributed by atoms with Crippen LogP contribution in [0.15, 0.2) is 12.2 Å². The number of allylic oxidation sites excluding steroid dienone is 2. The van der Waals surface area contributed by atoms with E-state index in [9.17, 15) is 9.59 Å². The summed E-state index contributed by atoms with van der Waals surface area (Å²) < 4.78 is 5.40. The van der Waals surface area contributed by atoms with Gasteiger partial charge in [0, 0.05) is 6.04 Å². The van der Waals surface area contributed by atoms with E-state index in [0.717, 1.165) is 19.3 Å². The second-order valence-electron chi connectivity index (χ2n) is 7.33. The number of fused-ring (bicyclic) bond motifs is 2. The van der Waals surface area contributed by atoms with Crippen LogP contribution in [0.1, 0.15) is 52.4 Å². The number of carbonyl (C=O) groups excluding carboxylic acids is 2. The van der Waals surface area contributed by atoms with E-state index >= 15 is 0 Å². The number of hydrogen-bond acceptors (Lipinski definition) is 3. The van der Waals surface area contributed by atoms with Crippen molar-refractivity contribution >= 4 is 11.9 Å². The summed E-state index contributed by atoms with van der Waals surface area (Å²) in [5.41, 5.74) is 0. The third-order valence-corrected chi connectivity index (χ3v) is 5.34. The van der Waals surface area contributed by atoms with Crippen LogP contribution in [0, 0.1) is 23.7 Å². The summed E-state index contributed by atoms with van der Waals surface area (Å²) in [6, 6.07) is 0.297. The SMILES string of the molecule is CC(C)OC(=O)C1C2C=CC(C2)C1C(=O)NC1CCCCC1. The third kappa shape index (κ3) is 3.06. The molecule has 3 aliphatic rings. The summed E-state index contributed by atoms with van der Waals surface area (Å²) in [5.74, 6) is -0.272. The summed E-state index contributed by atoms with van der Waals surface area (Å²) in [6.07, 6.45) is 10.8. The highest BCUT2D eigenvalue weighted by atomic mass is 16.5. The molecule has 1 amide bonds. The summed E-state index contributed by atoms with van der Waals surface area (Å²) in [4.78, 5) is 25.2. The molecule has 0 aromatic carbocycles. The molecule has 0 saturated heterocycles. The second kappa shape index (κ2) is 6.43. The van der Waals surface area contributed by atoms with Crippen molar-refractivity contribution in [3.63, 3.8) is 0 Å². The predicted octanol–water partition coefficient (Wildman–Crippen LogP) is 2.83. The maximum absolute atomic E-state index is 12.8. The molecule has 0 aliphatic heterocycles. The average Bonchev–Trinajstić information content (AvgIpc) is 3.08. The fourth-order valence-corrected chi connectivity index (χ4v) is 4.36. The van der Waals surface area contributed by atoms with Crippen molar-refractivity contribution in [1.82, 2.24) is 5.32 Å².